The van der Waals surface area contributed by atoms with E-state index in [0.717, 1.165) is 19.4 Å². The van der Waals surface area contributed by atoms with E-state index in [0.29, 0.717) is 12.1 Å². The predicted molar refractivity (Wildman–Crippen MR) is 41.9 cm³/mol. The van der Waals surface area contributed by atoms with Crippen LogP contribution in [0.5, 0.6) is 0 Å². The molecule has 1 heterocycles. The number of ether oxygens (including phenoxy) is 1. The van der Waals surface area contributed by atoms with Gasteiger partial charge in [0, 0.05) is 12.6 Å². The Hall–Kier alpha value is -0.0800. The maximum atomic E-state index is 5.77. The maximum Gasteiger partial charge on any atom is 0.0590 e. The highest BCUT2D eigenvalue weighted by atomic mass is 16.5. The molecular formula is C8H17NO. The highest BCUT2D eigenvalue weighted by Crippen LogP contribution is 2.16. The van der Waals surface area contributed by atoms with E-state index in [1.165, 1.54) is 12.8 Å². The van der Waals surface area contributed by atoms with Crippen LogP contribution in [0.4, 0.5) is 0 Å². The van der Waals surface area contributed by atoms with Gasteiger partial charge in [-0.25, -0.2) is 0 Å². The van der Waals surface area contributed by atoms with E-state index >= 15 is 0 Å². The SMILES string of the molecule is CCC(N)CC1CCCO1. The van der Waals surface area contributed by atoms with Gasteiger partial charge < -0.3 is 10.5 Å². The van der Waals surface area contributed by atoms with Crippen LogP contribution in [-0.4, -0.2) is 18.8 Å². The van der Waals surface area contributed by atoms with Crippen LogP contribution >= 0.6 is 0 Å². The van der Waals surface area contributed by atoms with Gasteiger partial charge in [-0.05, 0) is 25.7 Å². The number of hydrogen-bond donors (Lipinski definition) is 1. The first-order valence-corrected chi connectivity index (χ1v) is 4.20. The first-order chi connectivity index (χ1) is 4.83. The molecule has 1 rings (SSSR count). The number of nitrogens with two attached hydrogens (primary N) is 1. The summed E-state index contributed by atoms with van der Waals surface area (Å²) in [6, 6.07) is 0.350. The third-order valence-corrected chi connectivity index (χ3v) is 2.11. The Morgan fingerprint density at radius 3 is 3.00 bits per heavy atom. The van der Waals surface area contributed by atoms with Crippen molar-refractivity contribution in [1.82, 2.24) is 0 Å². The van der Waals surface area contributed by atoms with Crippen LogP contribution in [0.3, 0.4) is 0 Å². The summed E-state index contributed by atoms with van der Waals surface area (Å²) in [4.78, 5) is 0. The molecule has 0 radical (unpaired) electrons. The first kappa shape index (κ1) is 8.02. The predicted octanol–water partition coefficient (Wildman–Crippen LogP) is 1.29. The van der Waals surface area contributed by atoms with Gasteiger partial charge in [0.1, 0.15) is 0 Å². The standard InChI is InChI=1S/C8H17NO/c1-2-7(9)6-8-4-3-5-10-8/h7-8H,2-6,9H2,1H3. The van der Waals surface area contributed by atoms with Crippen LogP contribution in [0.25, 0.3) is 0 Å². The Bertz CT molecular complexity index is 89.3. The molecule has 1 saturated heterocycles. The summed E-state index contributed by atoms with van der Waals surface area (Å²) in [5, 5.41) is 0. The fourth-order valence-corrected chi connectivity index (χ4v) is 1.33. The second kappa shape index (κ2) is 3.94. The molecule has 1 aliphatic heterocycles. The summed E-state index contributed by atoms with van der Waals surface area (Å²) < 4.78 is 5.45. The van der Waals surface area contributed by atoms with Crippen molar-refractivity contribution < 1.29 is 4.74 Å². The maximum absolute atomic E-state index is 5.77. The summed E-state index contributed by atoms with van der Waals surface area (Å²) in [7, 11) is 0. The molecule has 0 aliphatic carbocycles. The van der Waals surface area contributed by atoms with Gasteiger partial charge in [0.15, 0.2) is 0 Å². The zero-order valence-corrected chi connectivity index (χ0v) is 6.68. The van der Waals surface area contributed by atoms with Gasteiger partial charge in [0.2, 0.25) is 0 Å². The lowest BCUT2D eigenvalue weighted by Gasteiger charge is -2.13. The van der Waals surface area contributed by atoms with Crippen LogP contribution in [0.15, 0.2) is 0 Å². The lowest BCUT2D eigenvalue weighted by molar-refractivity contribution is 0.0980. The summed E-state index contributed by atoms with van der Waals surface area (Å²) in [5.41, 5.74) is 5.77. The number of hydrogen-bond acceptors (Lipinski definition) is 2. The molecule has 2 atom stereocenters. The molecule has 0 aromatic carbocycles. The number of rotatable bonds is 3. The van der Waals surface area contributed by atoms with Crippen molar-refractivity contribution in [3.8, 4) is 0 Å². The lowest BCUT2D eigenvalue weighted by atomic mass is 10.1. The smallest absolute Gasteiger partial charge is 0.0590 e. The molecule has 60 valence electrons. The Kier molecular flexibility index (Phi) is 3.16. The molecule has 0 aromatic heterocycles. The Morgan fingerprint density at radius 2 is 2.50 bits per heavy atom. The molecule has 0 amide bonds. The van der Waals surface area contributed by atoms with Gasteiger partial charge in [-0.15, -0.1) is 0 Å². The van der Waals surface area contributed by atoms with E-state index in [4.69, 9.17) is 10.5 Å². The van der Waals surface area contributed by atoms with Crippen LogP contribution in [0, 0.1) is 0 Å². The van der Waals surface area contributed by atoms with Crippen molar-refractivity contribution in [2.75, 3.05) is 6.61 Å². The molecular weight excluding hydrogens is 126 g/mol. The highest BCUT2D eigenvalue weighted by molar-refractivity contribution is 4.70. The Labute approximate surface area is 62.7 Å². The van der Waals surface area contributed by atoms with Gasteiger partial charge in [0.25, 0.3) is 0 Å². The zero-order chi connectivity index (χ0) is 7.40. The van der Waals surface area contributed by atoms with Crippen molar-refractivity contribution in [3.05, 3.63) is 0 Å². The Balaban J connectivity index is 2.11. The normalized spacial score (nSPS) is 28.8. The minimum absolute atomic E-state index is 0.350. The third-order valence-electron chi connectivity index (χ3n) is 2.11. The molecule has 10 heavy (non-hydrogen) atoms. The van der Waals surface area contributed by atoms with Crippen molar-refractivity contribution in [2.45, 2.75) is 44.8 Å². The monoisotopic (exact) mass is 143 g/mol. The average Bonchev–Trinajstić information content (AvgIpc) is 2.40. The molecule has 1 fully saturated rings. The van der Waals surface area contributed by atoms with Gasteiger partial charge in [0.05, 0.1) is 6.10 Å². The quantitative estimate of drug-likeness (QED) is 0.646. The molecule has 0 spiro atoms. The van der Waals surface area contributed by atoms with Crippen LogP contribution in [-0.2, 0) is 4.74 Å². The van der Waals surface area contributed by atoms with Crippen molar-refractivity contribution in [3.63, 3.8) is 0 Å². The molecule has 0 saturated carbocycles. The zero-order valence-electron chi connectivity index (χ0n) is 6.68. The van der Waals surface area contributed by atoms with E-state index < -0.39 is 0 Å². The van der Waals surface area contributed by atoms with Crippen molar-refractivity contribution >= 4 is 0 Å². The fourth-order valence-electron chi connectivity index (χ4n) is 1.33. The topological polar surface area (TPSA) is 35.2 Å². The molecule has 1 aliphatic rings. The first-order valence-electron chi connectivity index (χ1n) is 4.20. The minimum Gasteiger partial charge on any atom is -0.378 e. The second-order valence-corrected chi connectivity index (χ2v) is 3.04. The van der Waals surface area contributed by atoms with Crippen molar-refractivity contribution in [1.29, 1.82) is 0 Å². The molecule has 0 aromatic rings. The van der Waals surface area contributed by atoms with E-state index in [1.807, 2.05) is 0 Å². The summed E-state index contributed by atoms with van der Waals surface area (Å²) >= 11 is 0. The van der Waals surface area contributed by atoms with Crippen LogP contribution < -0.4 is 5.73 Å². The van der Waals surface area contributed by atoms with E-state index in [2.05, 4.69) is 6.92 Å². The van der Waals surface area contributed by atoms with Gasteiger partial charge >= 0.3 is 0 Å². The molecule has 2 unspecified atom stereocenters. The van der Waals surface area contributed by atoms with Gasteiger partial charge in [-0.2, -0.15) is 0 Å². The van der Waals surface area contributed by atoms with Crippen LogP contribution in [0.2, 0.25) is 0 Å². The lowest BCUT2D eigenvalue weighted by Crippen LogP contribution is -2.24. The van der Waals surface area contributed by atoms with Crippen molar-refractivity contribution in [2.24, 2.45) is 5.73 Å². The summed E-state index contributed by atoms with van der Waals surface area (Å²) in [6.07, 6.45) is 5.03. The molecule has 2 nitrogen and oxygen atoms in total. The largest absolute Gasteiger partial charge is 0.378 e. The van der Waals surface area contributed by atoms with E-state index in [1.54, 1.807) is 0 Å². The molecule has 2 heteroatoms. The van der Waals surface area contributed by atoms with E-state index in [-0.39, 0.29) is 0 Å². The van der Waals surface area contributed by atoms with Crippen LogP contribution in [0.1, 0.15) is 32.6 Å². The fraction of sp³-hybridized carbons (Fsp3) is 1.00. The van der Waals surface area contributed by atoms with Gasteiger partial charge in [-0.1, -0.05) is 6.92 Å². The molecule has 2 N–H and O–H groups in total. The Morgan fingerprint density at radius 1 is 1.70 bits per heavy atom. The van der Waals surface area contributed by atoms with Gasteiger partial charge in [-0.3, -0.25) is 0 Å². The van der Waals surface area contributed by atoms with E-state index in [9.17, 15) is 0 Å². The summed E-state index contributed by atoms with van der Waals surface area (Å²) in [5.74, 6) is 0. The summed E-state index contributed by atoms with van der Waals surface area (Å²) in [6.45, 7) is 3.07. The highest BCUT2D eigenvalue weighted by Gasteiger charge is 2.17. The third kappa shape index (κ3) is 2.27. The minimum atomic E-state index is 0.350. The average molecular weight is 143 g/mol. The second-order valence-electron chi connectivity index (χ2n) is 3.04. The molecule has 0 bridgehead atoms.